The summed E-state index contributed by atoms with van der Waals surface area (Å²) in [7, 11) is 0. The number of alkyl carbamates (subject to hydrolysis) is 1. The monoisotopic (exact) mass is 551 g/mol. The van der Waals surface area contributed by atoms with Crippen LogP contribution >= 0.6 is 0 Å². The van der Waals surface area contributed by atoms with E-state index in [1.54, 1.807) is 25.7 Å². The van der Waals surface area contributed by atoms with Crippen LogP contribution in [-0.2, 0) is 20.9 Å². The number of nitrogens with zero attached hydrogens (tertiary/aromatic N) is 1. The smallest absolute Gasteiger partial charge is 0.408 e. The van der Waals surface area contributed by atoms with Gasteiger partial charge in [-0.3, -0.25) is 9.59 Å². The second-order valence-corrected chi connectivity index (χ2v) is 11.6. The molecular formula is C33H49N3O4. The Labute approximate surface area is 241 Å². The molecule has 7 nitrogen and oxygen atoms in total. The number of benzene rings is 2. The van der Waals surface area contributed by atoms with Crippen LogP contribution in [0.3, 0.4) is 0 Å². The Balaban J connectivity index is 2.50. The number of hydrogen-bond acceptors (Lipinski definition) is 4. The van der Waals surface area contributed by atoms with E-state index >= 15 is 0 Å². The van der Waals surface area contributed by atoms with Crippen molar-refractivity contribution >= 4 is 17.9 Å². The van der Waals surface area contributed by atoms with Gasteiger partial charge in [0.1, 0.15) is 17.7 Å². The first-order chi connectivity index (χ1) is 19.0. The fourth-order valence-electron chi connectivity index (χ4n) is 4.60. The molecule has 0 heterocycles. The van der Waals surface area contributed by atoms with Crippen LogP contribution in [0.25, 0.3) is 0 Å². The van der Waals surface area contributed by atoms with Gasteiger partial charge in [-0.05, 0) is 56.7 Å². The number of unbranched alkanes of at least 4 members (excludes halogenated alkanes) is 3. The molecule has 7 heteroatoms. The van der Waals surface area contributed by atoms with Crippen LogP contribution in [0, 0.1) is 12.8 Å². The van der Waals surface area contributed by atoms with Gasteiger partial charge in [-0.1, -0.05) is 101 Å². The largest absolute Gasteiger partial charge is 0.444 e. The van der Waals surface area contributed by atoms with Crippen LogP contribution in [0.4, 0.5) is 4.79 Å². The molecule has 0 saturated carbocycles. The summed E-state index contributed by atoms with van der Waals surface area (Å²) in [5.41, 5.74) is 1.98. The van der Waals surface area contributed by atoms with Crippen LogP contribution in [-0.4, -0.2) is 41.0 Å². The Morgan fingerprint density at radius 3 is 2.17 bits per heavy atom. The summed E-state index contributed by atoms with van der Waals surface area (Å²) >= 11 is 0. The molecule has 3 unspecified atom stereocenters. The highest BCUT2D eigenvalue weighted by atomic mass is 16.6. The molecule has 0 aliphatic carbocycles. The summed E-state index contributed by atoms with van der Waals surface area (Å²) in [5.74, 6) is -0.690. The summed E-state index contributed by atoms with van der Waals surface area (Å²) in [6.45, 7) is 14.1. The number of amides is 3. The third-order valence-corrected chi connectivity index (χ3v) is 7.04. The molecule has 0 radical (unpaired) electrons. The minimum atomic E-state index is -0.842. The zero-order valence-corrected chi connectivity index (χ0v) is 25.5. The third-order valence-electron chi connectivity index (χ3n) is 7.04. The van der Waals surface area contributed by atoms with E-state index in [1.807, 2.05) is 75.4 Å². The molecule has 2 N–H and O–H groups in total. The molecule has 0 spiro atoms. The van der Waals surface area contributed by atoms with Crippen molar-refractivity contribution in [3.63, 3.8) is 0 Å². The van der Waals surface area contributed by atoms with Gasteiger partial charge in [0.15, 0.2) is 0 Å². The molecule has 40 heavy (non-hydrogen) atoms. The SMILES string of the molecule is CCCCCCN(C(=O)C(NC(=O)OC(C)(C)C)C(C)CC)C(C(=O)NCc1ccccc1)c1ccccc1C. The van der Waals surface area contributed by atoms with Crippen molar-refractivity contribution in [1.29, 1.82) is 0 Å². The highest BCUT2D eigenvalue weighted by molar-refractivity contribution is 5.92. The number of rotatable bonds is 14. The Morgan fingerprint density at radius 2 is 1.57 bits per heavy atom. The van der Waals surface area contributed by atoms with E-state index < -0.39 is 23.8 Å². The Kier molecular flexibility index (Phi) is 13.2. The molecule has 0 aromatic heterocycles. The lowest BCUT2D eigenvalue weighted by atomic mass is 9.94. The average Bonchev–Trinajstić information content (AvgIpc) is 2.91. The predicted octanol–water partition coefficient (Wildman–Crippen LogP) is 6.70. The zero-order valence-electron chi connectivity index (χ0n) is 25.5. The fourth-order valence-corrected chi connectivity index (χ4v) is 4.60. The third kappa shape index (κ3) is 10.3. The number of carbonyl (C=O) groups is 3. The molecule has 0 saturated heterocycles. The first-order valence-corrected chi connectivity index (χ1v) is 14.7. The summed E-state index contributed by atoms with van der Waals surface area (Å²) in [6, 6.07) is 15.7. The lowest BCUT2D eigenvalue weighted by Crippen LogP contribution is -2.55. The lowest BCUT2D eigenvalue weighted by molar-refractivity contribution is -0.143. The van der Waals surface area contributed by atoms with E-state index in [1.165, 1.54) is 0 Å². The van der Waals surface area contributed by atoms with Gasteiger partial charge in [0.25, 0.3) is 0 Å². The lowest BCUT2D eigenvalue weighted by Gasteiger charge is -2.36. The number of ether oxygens (including phenoxy) is 1. The molecule has 3 atom stereocenters. The second kappa shape index (κ2) is 16.0. The molecule has 2 aromatic rings. The van der Waals surface area contributed by atoms with Gasteiger partial charge in [0.2, 0.25) is 11.8 Å². The van der Waals surface area contributed by atoms with Crippen LogP contribution in [0.15, 0.2) is 54.6 Å². The minimum absolute atomic E-state index is 0.164. The maximum atomic E-state index is 14.4. The zero-order chi connectivity index (χ0) is 29.7. The van der Waals surface area contributed by atoms with Gasteiger partial charge in [0, 0.05) is 13.1 Å². The summed E-state index contributed by atoms with van der Waals surface area (Å²) < 4.78 is 5.51. The molecule has 3 amide bonds. The van der Waals surface area contributed by atoms with Gasteiger partial charge >= 0.3 is 6.09 Å². The van der Waals surface area contributed by atoms with E-state index in [2.05, 4.69) is 17.6 Å². The van der Waals surface area contributed by atoms with Gasteiger partial charge in [-0.2, -0.15) is 0 Å². The van der Waals surface area contributed by atoms with Crippen LogP contribution < -0.4 is 10.6 Å². The van der Waals surface area contributed by atoms with E-state index in [9.17, 15) is 14.4 Å². The van der Waals surface area contributed by atoms with Gasteiger partial charge in [0.05, 0.1) is 0 Å². The van der Waals surface area contributed by atoms with E-state index in [0.717, 1.165) is 42.4 Å². The topological polar surface area (TPSA) is 87.7 Å². The highest BCUT2D eigenvalue weighted by Gasteiger charge is 2.38. The second-order valence-electron chi connectivity index (χ2n) is 11.6. The summed E-state index contributed by atoms with van der Waals surface area (Å²) in [6.07, 6.45) is 3.83. The van der Waals surface area contributed by atoms with Crippen LogP contribution in [0.1, 0.15) is 96.4 Å². The fraction of sp³-hybridized carbons (Fsp3) is 0.545. The molecular weight excluding hydrogens is 502 g/mol. The van der Waals surface area contributed by atoms with Crippen molar-refractivity contribution in [3.8, 4) is 0 Å². The number of nitrogens with one attached hydrogen (secondary N) is 2. The first-order valence-electron chi connectivity index (χ1n) is 14.7. The van der Waals surface area contributed by atoms with Gasteiger partial charge in [-0.15, -0.1) is 0 Å². The maximum absolute atomic E-state index is 14.4. The highest BCUT2D eigenvalue weighted by Crippen LogP contribution is 2.28. The van der Waals surface area contributed by atoms with E-state index in [-0.39, 0.29) is 17.7 Å². The molecule has 0 aliphatic rings. The molecule has 0 aliphatic heterocycles. The minimum Gasteiger partial charge on any atom is -0.444 e. The van der Waals surface area contributed by atoms with Crippen molar-refractivity contribution in [2.45, 2.75) is 105 Å². The van der Waals surface area contributed by atoms with Crippen molar-refractivity contribution < 1.29 is 19.1 Å². The molecule has 0 bridgehead atoms. The quantitative estimate of drug-likeness (QED) is 0.256. The molecule has 2 rings (SSSR count). The van der Waals surface area contributed by atoms with Crippen molar-refractivity contribution in [1.82, 2.24) is 15.5 Å². The molecule has 0 fully saturated rings. The Hall–Kier alpha value is -3.35. The molecule has 220 valence electrons. The van der Waals surface area contributed by atoms with Crippen molar-refractivity contribution in [2.24, 2.45) is 5.92 Å². The summed E-state index contributed by atoms with van der Waals surface area (Å²) in [5, 5.41) is 5.91. The van der Waals surface area contributed by atoms with Gasteiger partial charge in [-0.25, -0.2) is 4.79 Å². The summed E-state index contributed by atoms with van der Waals surface area (Å²) in [4.78, 5) is 42.8. The maximum Gasteiger partial charge on any atom is 0.408 e. The van der Waals surface area contributed by atoms with E-state index in [0.29, 0.717) is 19.5 Å². The van der Waals surface area contributed by atoms with Crippen LogP contribution in [0.2, 0.25) is 0 Å². The standard InChI is InChI=1S/C33H49N3O4/c1-8-10-11-17-22-36(31(38)28(24(3)9-2)35-32(39)40-33(5,6)7)29(27-21-16-15-18-25(27)4)30(37)34-23-26-19-13-12-14-20-26/h12-16,18-21,24,28-29H,8-11,17,22-23H2,1-7H3,(H,34,37)(H,35,39). The average molecular weight is 552 g/mol. The van der Waals surface area contributed by atoms with Gasteiger partial charge < -0.3 is 20.3 Å². The van der Waals surface area contributed by atoms with Crippen LogP contribution in [0.5, 0.6) is 0 Å². The number of carbonyl (C=O) groups excluding carboxylic acids is 3. The predicted molar refractivity (Wildman–Crippen MR) is 161 cm³/mol. The first kappa shape index (κ1) is 32.9. The number of aryl methyl sites for hydroxylation is 1. The Bertz CT molecular complexity index is 1080. The number of hydrogen-bond donors (Lipinski definition) is 2. The van der Waals surface area contributed by atoms with E-state index in [4.69, 9.17) is 4.74 Å². The Morgan fingerprint density at radius 1 is 0.925 bits per heavy atom. The molecule has 2 aromatic carbocycles. The van der Waals surface area contributed by atoms with Crippen molar-refractivity contribution in [3.05, 3.63) is 71.3 Å². The van der Waals surface area contributed by atoms with Crippen molar-refractivity contribution in [2.75, 3.05) is 6.54 Å². The normalized spacial score (nSPS) is 13.6.